The Balaban J connectivity index is 1.51. The highest BCUT2D eigenvalue weighted by Gasteiger charge is 2.40. The number of aromatic nitrogens is 1. The van der Waals surface area contributed by atoms with Crippen LogP contribution < -0.4 is 14.8 Å². The van der Waals surface area contributed by atoms with E-state index in [1.54, 1.807) is 23.6 Å². The van der Waals surface area contributed by atoms with E-state index >= 15 is 0 Å². The number of methoxy groups -OCH3 is 1. The topological polar surface area (TPSA) is 112 Å². The molecule has 2 N–H and O–H groups in total. The minimum atomic E-state index is -3.54. The fourth-order valence-corrected chi connectivity index (χ4v) is 8.05. The lowest BCUT2D eigenvalue weighted by Crippen LogP contribution is -2.57. The molecule has 13 heteroatoms. The lowest BCUT2D eigenvalue weighted by Gasteiger charge is -2.44. The van der Waals surface area contributed by atoms with E-state index in [4.69, 9.17) is 14.5 Å². The summed E-state index contributed by atoms with van der Waals surface area (Å²) in [4.78, 5) is 19.5. The van der Waals surface area contributed by atoms with Gasteiger partial charge in [0.15, 0.2) is 5.79 Å². The third-order valence-electron chi connectivity index (χ3n) is 8.62. The van der Waals surface area contributed by atoms with Gasteiger partial charge in [-0.15, -0.1) is 11.3 Å². The number of pyridine rings is 1. The molecule has 5 rings (SSSR count). The van der Waals surface area contributed by atoms with Crippen LogP contribution in [0.5, 0.6) is 5.88 Å². The zero-order valence-electron chi connectivity index (χ0n) is 25.7. The van der Waals surface area contributed by atoms with Gasteiger partial charge >= 0.3 is 0 Å². The number of aryl methyl sites for hydroxylation is 1. The summed E-state index contributed by atoms with van der Waals surface area (Å²) in [6.07, 6.45) is 5.21. The Kier molecular flexibility index (Phi) is 9.45. The van der Waals surface area contributed by atoms with Gasteiger partial charge in [0.1, 0.15) is 5.69 Å². The molecule has 2 saturated heterocycles. The number of morpholine rings is 1. The second-order valence-corrected chi connectivity index (χ2v) is 14.4. The number of fused-ring (bicyclic) bond motifs is 1. The number of rotatable bonds is 10. The number of aliphatic imine (C=N–C) groups is 1. The van der Waals surface area contributed by atoms with E-state index in [0.717, 1.165) is 73.9 Å². The number of thiophene rings is 1. The zero-order chi connectivity index (χ0) is 30.1. The third kappa shape index (κ3) is 6.61. The first-order valence-corrected chi connectivity index (χ1v) is 17.6. The molecule has 5 heterocycles. The van der Waals surface area contributed by atoms with Gasteiger partial charge in [0.05, 0.1) is 42.9 Å². The van der Waals surface area contributed by atoms with Crippen LogP contribution in [0.3, 0.4) is 0 Å². The van der Waals surface area contributed by atoms with Gasteiger partial charge < -0.3 is 19.7 Å². The molecule has 2 aromatic heterocycles. The molecule has 0 bridgehead atoms. The van der Waals surface area contributed by atoms with Crippen molar-refractivity contribution < 1.29 is 17.9 Å². The average molecular weight is 620 g/mol. The van der Waals surface area contributed by atoms with Crippen molar-refractivity contribution in [3.63, 3.8) is 0 Å². The monoisotopic (exact) mass is 619 g/mol. The van der Waals surface area contributed by atoms with Crippen molar-refractivity contribution in [2.24, 2.45) is 4.99 Å². The van der Waals surface area contributed by atoms with Crippen molar-refractivity contribution in [2.75, 3.05) is 75.9 Å². The van der Waals surface area contributed by atoms with Crippen LogP contribution in [0.2, 0.25) is 0 Å². The van der Waals surface area contributed by atoms with E-state index in [-0.39, 0.29) is 11.6 Å². The Morgan fingerprint density at radius 2 is 1.90 bits per heavy atom. The first kappa shape index (κ1) is 31.1. The molecule has 2 fully saturated rings. The van der Waals surface area contributed by atoms with Gasteiger partial charge in [-0.3, -0.25) is 14.5 Å². The van der Waals surface area contributed by atoms with Crippen LogP contribution in [0.15, 0.2) is 17.3 Å². The maximum absolute atomic E-state index is 12.1. The number of likely N-dealkylation sites (tertiary alicyclic amines) is 1. The average Bonchev–Trinajstić information content (AvgIpc) is 3.27. The van der Waals surface area contributed by atoms with Crippen molar-refractivity contribution in [1.29, 1.82) is 0 Å². The van der Waals surface area contributed by atoms with Crippen LogP contribution in [0.1, 0.15) is 54.5 Å². The van der Waals surface area contributed by atoms with E-state index < -0.39 is 15.8 Å². The summed E-state index contributed by atoms with van der Waals surface area (Å²) in [6.45, 7) is 16.9. The molecule has 11 nitrogen and oxygen atoms in total. The number of anilines is 2. The summed E-state index contributed by atoms with van der Waals surface area (Å²) >= 11 is 1.73. The Morgan fingerprint density at radius 3 is 2.52 bits per heavy atom. The molecule has 0 radical (unpaired) electrons. The molecule has 0 aliphatic carbocycles. The van der Waals surface area contributed by atoms with Gasteiger partial charge in [-0.1, -0.05) is 13.8 Å². The summed E-state index contributed by atoms with van der Waals surface area (Å²) in [5.41, 5.74) is 4.23. The second kappa shape index (κ2) is 12.7. The Hall–Kier alpha value is -2.29. The fourth-order valence-electron chi connectivity index (χ4n) is 6.37. The van der Waals surface area contributed by atoms with Crippen molar-refractivity contribution >= 4 is 38.4 Å². The molecular weight excluding hydrogens is 574 g/mol. The maximum Gasteiger partial charge on any atom is 0.238 e. The van der Waals surface area contributed by atoms with Crippen LogP contribution in [-0.2, 0) is 21.3 Å². The molecule has 3 aliphatic heterocycles. The molecule has 0 amide bonds. The molecule has 0 aromatic carbocycles. The molecule has 0 saturated carbocycles. The predicted molar refractivity (Wildman–Crippen MR) is 170 cm³/mol. The Bertz CT molecular complexity index is 1390. The first-order valence-electron chi connectivity index (χ1n) is 14.9. The largest absolute Gasteiger partial charge is 0.480 e. The predicted octanol–water partition coefficient (Wildman–Crippen LogP) is 3.41. The zero-order valence-corrected chi connectivity index (χ0v) is 27.3. The van der Waals surface area contributed by atoms with Crippen LogP contribution >= 0.6 is 11.3 Å². The standard InChI is InChI=1S/C29H45N7O4S2/c1-7-35(8-2)22-9-11-34(12-10-22)19-23-20(3)41-27-25(21-17-24(33-42(6,37)38)28(39-5)30-18-21)31-29(4,32-26(23)27)36-13-15-40-16-14-36/h17-18,22,32-33H,7-16,19H2,1-6H3. The minimum Gasteiger partial charge on any atom is -0.480 e. The molecule has 1 atom stereocenters. The third-order valence-corrected chi connectivity index (χ3v) is 10.4. The quantitative estimate of drug-likeness (QED) is 0.413. The van der Waals surface area contributed by atoms with Crippen LogP contribution in [0.25, 0.3) is 0 Å². The summed E-state index contributed by atoms with van der Waals surface area (Å²) in [5.74, 6) is -0.486. The molecule has 2 aromatic rings. The number of hydrogen-bond acceptors (Lipinski definition) is 11. The fraction of sp³-hybridized carbons (Fsp3) is 0.655. The summed E-state index contributed by atoms with van der Waals surface area (Å²) < 4.78 is 37.9. The Morgan fingerprint density at radius 1 is 1.21 bits per heavy atom. The second-order valence-electron chi connectivity index (χ2n) is 11.4. The lowest BCUT2D eigenvalue weighted by atomic mass is 10.0. The van der Waals surface area contributed by atoms with E-state index in [2.05, 4.69) is 57.4 Å². The summed E-state index contributed by atoms with van der Waals surface area (Å²) in [6, 6.07) is 2.43. The highest BCUT2D eigenvalue weighted by Crippen LogP contribution is 2.43. The number of sulfonamides is 1. The van der Waals surface area contributed by atoms with Gasteiger partial charge in [0.2, 0.25) is 15.9 Å². The number of ether oxygens (including phenoxy) is 2. The van der Waals surface area contributed by atoms with Gasteiger partial charge in [0, 0.05) is 47.9 Å². The SMILES string of the molecule is CCN(CC)C1CCN(Cc2c(C)sc3c2NC(C)(N2CCOCC2)N=C3c2cnc(OC)c(NS(C)(=O)=O)c2)CC1. The van der Waals surface area contributed by atoms with Gasteiger partial charge in [-0.2, -0.15) is 0 Å². The van der Waals surface area contributed by atoms with Crippen LogP contribution in [0.4, 0.5) is 11.4 Å². The van der Waals surface area contributed by atoms with Gasteiger partial charge in [0.25, 0.3) is 0 Å². The summed E-state index contributed by atoms with van der Waals surface area (Å²) in [5, 5.41) is 3.84. The lowest BCUT2D eigenvalue weighted by molar-refractivity contribution is -0.00423. The van der Waals surface area contributed by atoms with Crippen molar-refractivity contribution in [3.8, 4) is 5.88 Å². The van der Waals surface area contributed by atoms with Crippen molar-refractivity contribution in [3.05, 3.63) is 33.1 Å². The normalized spacial score (nSPS) is 22.5. The minimum absolute atomic E-state index is 0.214. The molecule has 0 spiro atoms. The van der Waals surface area contributed by atoms with Crippen molar-refractivity contribution in [2.45, 2.75) is 58.9 Å². The molecule has 1 unspecified atom stereocenters. The molecular formula is C29H45N7O4S2. The molecule has 232 valence electrons. The van der Waals surface area contributed by atoms with Gasteiger partial charge in [-0.25, -0.2) is 18.4 Å². The first-order chi connectivity index (χ1) is 20.0. The number of hydrogen-bond donors (Lipinski definition) is 2. The van der Waals surface area contributed by atoms with E-state index in [9.17, 15) is 8.42 Å². The smallest absolute Gasteiger partial charge is 0.238 e. The maximum atomic E-state index is 12.1. The van der Waals surface area contributed by atoms with Gasteiger partial charge in [-0.05, 0) is 58.9 Å². The Labute approximate surface area is 254 Å². The van der Waals surface area contributed by atoms with Crippen LogP contribution in [-0.4, -0.2) is 111 Å². The van der Waals surface area contributed by atoms with Crippen molar-refractivity contribution in [1.82, 2.24) is 19.7 Å². The number of nitrogens with one attached hydrogen (secondary N) is 2. The summed E-state index contributed by atoms with van der Waals surface area (Å²) in [7, 11) is -2.06. The van der Waals surface area contributed by atoms with E-state index in [1.165, 1.54) is 30.4 Å². The molecule has 3 aliphatic rings. The number of piperidine rings is 1. The highest BCUT2D eigenvalue weighted by atomic mass is 32.2. The van der Waals surface area contributed by atoms with Crippen LogP contribution in [0, 0.1) is 6.92 Å². The molecule has 42 heavy (non-hydrogen) atoms. The highest BCUT2D eigenvalue weighted by molar-refractivity contribution is 7.92. The van der Waals surface area contributed by atoms with E-state index in [1.807, 2.05) is 0 Å². The van der Waals surface area contributed by atoms with E-state index in [0.29, 0.717) is 19.3 Å². The number of nitrogens with zero attached hydrogens (tertiary/aromatic N) is 5.